The van der Waals surface area contributed by atoms with Crippen molar-refractivity contribution in [2.24, 2.45) is 0 Å². The van der Waals surface area contributed by atoms with Crippen molar-refractivity contribution in [3.63, 3.8) is 0 Å². The van der Waals surface area contributed by atoms with Crippen LogP contribution in [0.15, 0.2) is 0 Å². The zero-order valence-electron chi connectivity index (χ0n) is 13.4. The molecule has 0 rings (SSSR count). The quantitative estimate of drug-likeness (QED) is 0.401. The van der Waals surface area contributed by atoms with Crippen LogP contribution in [-0.4, -0.2) is 64.8 Å². The molecule has 0 saturated carbocycles. The van der Waals surface area contributed by atoms with Gasteiger partial charge >= 0.3 is 59.7 Å². The first-order valence-electron chi connectivity index (χ1n) is 6.44. The Kier molecular flexibility index (Phi) is 6.67. The molecule has 0 spiro atoms. The van der Waals surface area contributed by atoms with Crippen LogP contribution in [0, 0.1) is 0 Å². The van der Waals surface area contributed by atoms with Gasteiger partial charge in [-0.2, -0.15) is 92.2 Å². The van der Waals surface area contributed by atoms with E-state index < -0.39 is 59.7 Å². The van der Waals surface area contributed by atoms with Crippen molar-refractivity contribution in [2.45, 2.75) is 59.7 Å². The van der Waals surface area contributed by atoms with Crippen LogP contribution >= 0.6 is 0 Å². The van der Waals surface area contributed by atoms with Crippen molar-refractivity contribution < 1.29 is 97.3 Å². The van der Waals surface area contributed by atoms with E-state index in [1.54, 1.807) is 0 Å². The Labute approximate surface area is 158 Å². The Morgan fingerprint density at radius 1 is 0.250 bits per heavy atom. The van der Waals surface area contributed by atoms with Crippen LogP contribution in [0.25, 0.3) is 0 Å². The number of rotatable bonds is 6. The van der Waals surface area contributed by atoms with Crippen molar-refractivity contribution in [2.75, 3.05) is 0 Å². The molecule has 0 aromatic rings. The molecule has 0 radical (unpaired) electrons. The molecule has 0 aromatic heterocycles. The zero-order chi connectivity index (χ0) is 27.0. The second-order valence-electron chi connectivity index (χ2n) is 5.65. The minimum absolute atomic E-state index is 8.02. The highest BCUT2D eigenvalue weighted by atomic mass is 19.4. The molecule has 32 heavy (non-hydrogen) atoms. The van der Waals surface area contributed by atoms with Crippen LogP contribution in [0.3, 0.4) is 0 Å². The van der Waals surface area contributed by atoms with Crippen molar-refractivity contribution in [1.82, 2.24) is 0 Å². The van der Waals surface area contributed by atoms with Crippen LogP contribution in [0.5, 0.6) is 0 Å². The normalized spacial score (nSPS) is 17.1. The predicted molar refractivity (Wildman–Crippen MR) is 52.8 cm³/mol. The number of halogens is 21. The largest absolute Gasteiger partial charge is 0.460 e. The maximum absolute atomic E-state index is 13.3. The molecule has 0 aliphatic carbocycles. The highest BCUT2D eigenvalue weighted by Crippen LogP contribution is 2.66. The first kappa shape index (κ1) is 30.5. The van der Waals surface area contributed by atoms with Crippen LogP contribution in [0.1, 0.15) is 0 Å². The van der Waals surface area contributed by atoms with E-state index in [9.17, 15) is 92.2 Å². The van der Waals surface area contributed by atoms with Crippen molar-refractivity contribution in [1.29, 1.82) is 0 Å². The van der Waals surface area contributed by atoms with Gasteiger partial charge in [-0.25, -0.2) is 0 Å². The monoisotopic (exact) mass is 536 g/mol. The van der Waals surface area contributed by atoms with E-state index in [1.807, 2.05) is 0 Å². The van der Waals surface area contributed by atoms with Crippen LogP contribution < -0.4 is 0 Å². The Morgan fingerprint density at radius 2 is 0.438 bits per heavy atom. The van der Waals surface area contributed by atoms with Gasteiger partial charge in [0.15, 0.2) is 0 Å². The fourth-order valence-corrected chi connectivity index (χ4v) is 1.71. The van der Waals surface area contributed by atoms with Crippen LogP contribution in [-0.2, 0) is 0 Å². The van der Waals surface area contributed by atoms with Gasteiger partial charge in [0, 0.05) is 0 Å². The predicted octanol–water partition coefficient (Wildman–Crippen LogP) is 6.22. The summed E-state index contributed by atoms with van der Waals surface area (Å²) >= 11 is 0. The molecule has 0 aromatic carbocycles. The highest BCUT2D eigenvalue weighted by molar-refractivity contribution is 5.19. The Balaban J connectivity index is 7.19. The van der Waals surface area contributed by atoms with E-state index in [4.69, 9.17) is 5.11 Å². The van der Waals surface area contributed by atoms with Crippen molar-refractivity contribution >= 4 is 0 Å². The molecule has 0 aliphatic heterocycles. The molecule has 0 heterocycles. The molecule has 22 heteroatoms. The maximum Gasteiger partial charge on any atom is 0.460 e. The number of aliphatic hydroxyl groups is 1. The summed E-state index contributed by atoms with van der Waals surface area (Å²) in [4.78, 5) is 0. The van der Waals surface area contributed by atoms with Gasteiger partial charge in [-0.3, -0.25) is 0 Å². The molecular weight excluding hydrogens is 535 g/mol. The lowest BCUT2D eigenvalue weighted by atomic mass is 9.82. The molecule has 194 valence electrons. The van der Waals surface area contributed by atoms with E-state index in [1.165, 1.54) is 0 Å². The summed E-state index contributed by atoms with van der Waals surface area (Å²) in [5.41, 5.74) is -8.43. The summed E-state index contributed by atoms with van der Waals surface area (Å²) in [6.45, 7) is 0. The van der Waals surface area contributed by atoms with Crippen LogP contribution in [0.2, 0.25) is 0 Å². The Morgan fingerprint density at radius 3 is 0.625 bits per heavy atom. The SMILES string of the molecule is OC(C(F)(F)F)(C(F)(F)F)C(F)(F)C(F)(F)C(F)(F)C(F)(F)C(F)(F)C(F)(F)C(F)(F)F. The fraction of sp³-hybridized carbons (Fsp3) is 1.00. The molecule has 0 unspecified atom stereocenters. The fourth-order valence-electron chi connectivity index (χ4n) is 1.71. The van der Waals surface area contributed by atoms with E-state index >= 15 is 0 Å². The Hall–Kier alpha value is -1.51. The average Bonchev–Trinajstić information content (AvgIpc) is 2.49. The molecule has 0 atom stereocenters. The first-order chi connectivity index (χ1) is 13.2. The van der Waals surface area contributed by atoms with Gasteiger partial charge in [0.05, 0.1) is 0 Å². The third kappa shape index (κ3) is 3.41. The van der Waals surface area contributed by atoms with Gasteiger partial charge in [0.2, 0.25) is 0 Å². The molecular formula is C10HF21O. The van der Waals surface area contributed by atoms with E-state index in [2.05, 4.69) is 0 Å². The molecule has 0 aliphatic rings. The average molecular weight is 536 g/mol. The second-order valence-corrected chi connectivity index (χ2v) is 5.65. The van der Waals surface area contributed by atoms with Gasteiger partial charge in [-0.1, -0.05) is 0 Å². The van der Waals surface area contributed by atoms with E-state index in [0.717, 1.165) is 0 Å². The van der Waals surface area contributed by atoms with Gasteiger partial charge in [-0.05, 0) is 0 Å². The lowest BCUT2D eigenvalue weighted by molar-refractivity contribution is -0.491. The number of hydrogen-bond donors (Lipinski definition) is 1. The summed E-state index contributed by atoms with van der Waals surface area (Å²) < 4.78 is 265. The molecule has 0 bridgehead atoms. The minimum Gasteiger partial charge on any atom is -0.369 e. The van der Waals surface area contributed by atoms with Gasteiger partial charge in [-0.15, -0.1) is 0 Å². The van der Waals surface area contributed by atoms with Gasteiger partial charge in [0.1, 0.15) is 0 Å². The smallest absolute Gasteiger partial charge is 0.369 e. The maximum atomic E-state index is 13.3. The first-order valence-corrected chi connectivity index (χ1v) is 6.44. The summed E-state index contributed by atoms with van der Waals surface area (Å²) in [6, 6.07) is 0. The highest BCUT2D eigenvalue weighted by Gasteiger charge is 2.98. The van der Waals surface area contributed by atoms with Gasteiger partial charge in [0.25, 0.3) is 0 Å². The Bertz CT molecular complexity index is 675. The van der Waals surface area contributed by atoms with Crippen LogP contribution in [0.4, 0.5) is 92.2 Å². The summed E-state index contributed by atoms with van der Waals surface area (Å²) in [7, 11) is 0. The topological polar surface area (TPSA) is 20.2 Å². The molecule has 0 amide bonds. The van der Waals surface area contributed by atoms with E-state index in [0.29, 0.717) is 0 Å². The lowest BCUT2D eigenvalue weighted by Gasteiger charge is -2.45. The molecule has 1 N–H and O–H groups in total. The lowest BCUT2D eigenvalue weighted by Crippen LogP contribution is -2.79. The minimum atomic E-state index is -9.23. The summed E-state index contributed by atoms with van der Waals surface area (Å²) in [5.74, 6) is -54.0. The van der Waals surface area contributed by atoms with E-state index in [-0.39, 0.29) is 0 Å². The van der Waals surface area contributed by atoms with Crippen molar-refractivity contribution in [3.05, 3.63) is 0 Å². The second kappa shape index (κ2) is 7.00. The van der Waals surface area contributed by atoms with Crippen molar-refractivity contribution in [3.8, 4) is 0 Å². The molecule has 1 nitrogen and oxygen atoms in total. The summed E-state index contributed by atoms with van der Waals surface area (Å²) in [6.07, 6.45) is -24.5. The third-order valence-electron chi connectivity index (χ3n) is 3.60. The van der Waals surface area contributed by atoms with Gasteiger partial charge < -0.3 is 5.11 Å². The number of hydrogen-bond acceptors (Lipinski definition) is 1. The zero-order valence-corrected chi connectivity index (χ0v) is 13.4. The number of alkyl halides is 21. The summed E-state index contributed by atoms with van der Waals surface area (Å²) in [5, 5.41) is 8.09. The molecule has 0 saturated heterocycles. The standard InChI is InChI=1S/C10HF21O/c11-2(12,1(32,8(23,24)25)9(26,27)28)3(13,14)4(15,16)5(17,18)6(19,20)7(21,22)10(29,30)31/h32H. The third-order valence-corrected chi connectivity index (χ3v) is 3.60. The molecule has 0 fully saturated rings.